The van der Waals surface area contributed by atoms with Gasteiger partial charge in [0.2, 0.25) is 0 Å². The molecule has 0 saturated carbocycles. The summed E-state index contributed by atoms with van der Waals surface area (Å²) in [4.78, 5) is 3.69. The van der Waals surface area contributed by atoms with E-state index in [1.807, 2.05) is 0 Å². The van der Waals surface area contributed by atoms with Gasteiger partial charge in [0.1, 0.15) is 5.60 Å². The first-order chi connectivity index (χ1) is 10.8. The lowest BCUT2D eigenvalue weighted by molar-refractivity contribution is 0.0431. The summed E-state index contributed by atoms with van der Waals surface area (Å²) in [7, 11) is 0. The average Bonchev–Trinajstić information content (AvgIpc) is 3.23. The van der Waals surface area contributed by atoms with Crippen molar-refractivity contribution in [3.8, 4) is 0 Å². The largest absolute Gasteiger partial charge is 0.379 e. The van der Waals surface area contributed by atoms with Crippen molar-refractivity contribution in [2.75, 3.05) is 13.1 Å². The first-order valence-electron chi connectivity index (χ1n) is 8.36. The molecule has 3 heteroatoms. The first-order valence-corrected chi connectivity index (χ1v) is 9.24. The molecule has 4 rings (SSSR count). The highest BCUT2D eigenvalue weighted by molar-refractivity contribution is 7.10. The predicted octanol–water partition coefficient (Wildman–Crippen LogP) is 3.78. The lowest BCUT2D eigenvalue weighted by Crippen LogP contribution is -2.39. The van der Waals surface area contributed by atoms with E-state index in [-0.39, 0.29) is 0 Å². The number of benzene rings is 1. The van der Waals surface area contributed by atoms with E-state index in [9.17, 15) is 5.11 Å². The fraction of sp³-hybridized carbons (Fsp3) is 0.474. The molecular weight excluding hydrogens is 290 g/mol. The number of thiophene rings is 1. The summed E-state index contributed by atoms with van der Waals surface area (Å²) in [6.45, 7) is 2.39. The van der Waals surface area contributed by atoms with Crippen LogP contribution in [0, 0.1) is 0 Å². The van der Waals surface area contributed by atoms with Crippen LogP contribution in [0.15, 0.2) is 41.8 Å². The van der Waals surface area contributed by atoms with Crippen molar-refractivity contribution in [3.63, 3.8) is 0 Å². The maximum absolute atomic E-state index is 11.7. The fourth-order valence-electron chi connectivity index (χ4n) is 4.18. The topological polar surface area (TPSA) is 23.5 Å². The maximum atomic E-state index is 11.7. The maximum Gasteiger partial charge on any atom is 0.125 e. The lowest BCUT2D eigenvalue weighted by atomic mass is 9.85. The van der Waals surface area contributed by atoms with Crippen LogP contribution in [0.4, 0.5) is 0 Å². The van der Waals surface area contributed by atoms with Crippen molar-refractivity contribution in [1.29, 1.82) is 0 Å². The van der Waals surface area contributed by atoms with Crippen LogP contribution in [0.5, 0.6) is 0 Å². The van der Waals surface area contributed by atoms with Crippen LogP contribution < -0.4 is 0 Å². The van der Waals surface area contributed by atoms with Gasteiger partial charge in [-0.1, -0.05) is 30.3 Å². The van der Waals surface area contributed by atoms with Gasteiger partial charge in [-0.2, -0.15) is 0 Å². The molecule has 1 fully saturated rings. The SMILES string of the molecule is O[C@]1(c2cccs2)C[C@@H](N2CCCC2)CCc2ccccc21. The van der Waals surface area contributed by atoms with Crippen LogP contribution in [0.1, 0.15) is 41.7 Å². The normalized spacial score (nSPS) is 29.2. The molecule has 2 nitrogen and oxygen atoms in total. The van der Waals surface area contributed by atoms with Crippen molar-refractivity contribution < 1.29 is 5.11 Å². The van der Waals surface area contributed by atoms with Gasteiger partial charge in [-0.25, -0.2) is 0 Å². The zero-order valence-electron chi connectivity index (χ0n) is 12.9. The molecule has 22 heavy (non-hydrogen) atoms. The van der Waals surface area contributed by atoms with Gasteiger partial charge >= 0.3 is 0 Å². The van der Waals surface area contributed by atoms with Gasteiger partial charge in [-0.15, -0.1) is 11.3 Å². The average molecular weight is 313 g/mol. The molecule has 1 N–H and O–H groups in total. The molecule has 2 aliphatic rings. The number of hydrogen-bond acceptors (Lipinski definition) is 3. The second-order valence-electron chi connectivity index (χ2n) is 6.63. The standard InChI is InChI=1S/C19H23NOS/c21-19(18-8-5-13-22-18)14-16(20-11-3-4-12-20)10-9-15-6-1-2-7-17(15)19/h1-2,5-8,13,16,21H,3-4,9-12,14H2/t16-,19+/m0/s1. The van der Waals surface area contributed by atoms with E-state index in [4.69, 9.17) is 0 Å². The number of aliphatic hydroxyl groups is 1. The van der Waals surface area contributed by atoms with E-state index in [2.05, 4.69) is 46.7 Å². The Bertz CT molecular complexity index is 633. The minimum Gasteiger partial charge on any atom is -0.379 e. The minimum atomic E-state index is -0.825. The Balaban J connectivity index is 1.77. The van der Waals surface area contributed by atoms with Crippen LogP contribution >= 0.6 is 11.3 Å². The highest BCUT2D eigenvalue weighted by atomic mass is 32.1. The first kappa shape index (κ1) is 14.4. The Morgan fingerprint density at radius 3 is 2.68 bits per heavy atom. The second-order valence-corrected chi connectivity index (χ2v) is 7.58. The Morgan fingerprint density at radius 1 is 1.09 bits per heavy atom. The highest BCUT2D eigenvalue weighted by Crippen LogP contribution is 2.42. The summed E-state index contributed by atoms with van der Waals surface area (Å²) >= 11 is 1.68. The summed E-state index contributed by atoms with van der Waals surface area (Å²) < 4.78 is 0. The predicted molar refractivity (Wildman–Crippen MR) is 91.3 cm³/mol. The zero-order valence-corrected chi connectivity index (χ0v) is 13.7. The van der Waals surface area contributed by atoms with Gasteiger partial charge in [0.05, 0.1) is 0 Å². The summed E-state index contributed by atoms with van der Waals surface area (Å²) in [5.74, 6) is 0. The van der Waals surface area contributed by atoms with Crippen molar-refractivity contribution in [3.05, 3.63) is 57.8 Å². The molecule has 0 amide bonds. The van der Waals surface area contributed by atoms with Gasteiger partial charge < -0.3 is 10.0 Å². The van der Waals surface area contributed by atoms with Crippen LogP contribution in [0.25, 0.3) is 0 Å². The van der Waals surface area contributed by atoms with Gasteiger partial charge in [0, 0.05) is 17.3 Å². The third kappa shape index (κ3) is 2.41. The molecule has 0 bridgehead atoms. The van der Waals surface area contributed by atoms with E-state index in [1.54, 1.807) is 11.3 Å². The Morgan fingerprint density at radius 2 is 1.91 bits per heavy atom. The van der Waals surface area contributed by atoms with Crippen molar-refractivity contribution in [1.82, 2.24) is 4.90 Å². The molecule has 1 aliphatic carbocycles. The van der Waals surface area contributed by atoms with E-state index < -0.39 is 5.60 Å². The molecule has 2 heterocycles. The Labute approximate surface area is 136 Å². The summed E-state index contributed by atoms with van der Waals surface area (Å²) in [5, 5.41) is 13.8. The molecule has 1 aromatic heterocycles. The Hall–Kier alpha value is -1.16. The molecule has 1 aliphatic heterocycles. The lowest BCUT2D eigenvalue weighted by Gasteiger charge is -2.34. The van der Waals surface area contributed by atoms with Gasteiger partial charge in [0.25, 0.3) is 0 Å². The molecule has 0 spiro atoms. The van der Waals surface area contributed by atoms with Crippen molar-refractivity contribution in [2.24, 2.45) is 0 Å². The number of hydrogen-bond donors (Lipinski definition) is 1. The van der Waals surface area contributed by atoms with Gasteiger partial charge in [0.15, 0.2) is 0 Å². The number of rotatable bonds is 2. The quantitative estimate of drug-likeness (QED) is 0.853. The number of nitrogens with zero attached hydrogens (tertiary/aromatic N) is 1. The molecular formula is C19H23NOS. The molecule has 116 valence electrons. The zero-order chi connectivity index (χ0) is 15.0. The molecule has 1 saturated heterocycles. The third-order valence-electron chi connectivity index (χ3n) is 5.33. The summed E-state index contributed by atoms with van der Waals surface area (Å²) in [5.41, 5.74) is 1.62. The van der Waals surface area contributed by atoms with Gasteiger partial charge in [-0.3, -0.25) is 0 Å². The number of likely N-dealkylation sites (tertiary alicyclic amines) is 1. The smallest absolute Gasteiger partial charge is 0.125 e. The molecule has 0 unspecified atom stereocenters. The number of aryl methyl sites for hydroxylation is 1. The van der Waals surface area contributed by atoms with Crippen molar-refractivity contribution >= 4 is 11.3 Å². The van der Waals surface area contributed by atoms with E-state index in [0.29, 0.717) is 6.04 Å². The van der Waals surface area contributed by atoms with Gasteiger partial charge in [-0.05, 0) is 61.3 Å². The van der Waals surface area contributed by atoms with Crippen LogP contribution in [0.3, 0.4) is 0 Å². The molecule has 1 aromatic carbocycles. The molecule has 2 atom stereocenters. The monoisotopic (exact) mass is 313 g/mol. The summed E-state index contributed by atoms with van der Waals surface area (Å²) in [6.07, 6.45) is 5.67. The van der Waals surface area contributed by atoms with Crippen LogP contribution in [0.2, 0.25) is 0 Å². The van der Waals surface area contributed by atoms with Crippen molar-refractivity contribution in [2.45, 2.75) is 43.7 Å². The molecule has 0 radical (unpaired) electrons. The third-order valence-corrected chi connectivity index (χ3v) is 6.35. The van der Waals surface area contributed by atoms with Crippen LogP contribution in [-0.2, 0) is 12.0 Å². The number of fused-ring (bicyclic) bond motifs is 1. The van der Waals surface area contributed by atoms with E-state index in [0.717, 1.165) is 29.7 Å². The van der Waals surface area contributed by atoms with E-state index in [1.165, 1.54) is 31.5 Å². The highest BCUT2D eigenvalue weighted by Gasteiger charge is 2.40. The summed E-state index contributed by atoms with van der Waals surface area (Å²) in [6, 6.07) is 13.1. The van der Waals surface area contributed by atoms with E-state index >= 15 is 0 Å². The van der Waals surface area contributed by atoms with Crippen LogP contribution in [-0.4, -0.2) is 29.1 Å². The fourth-order valence-corrected chi connectivity index (χ4v) is 5.03. The molecule has 2 aromatic rings. The minimum absolute atomic E-state index is 0.488. The second kappa shape index (κ2) is 5.80. The Kier molecular flexibility index (Phi) is 3.81.